The highest BCUT2D eigenvalue weighted by Crippen LogP contribution is 2.40. The maximum atomic E-state index is 12.4. The predicted molar refractivity (Wildman–Crippen MR) is 219 cm³/mol. The minimum atomic E-state index is -5.84. The molecule has 0 aromatic heterocycles. The summed E-state index contributed by atoms with van der Waals surface area (Å²) in [6.45, 7) is 0. The zero-order valence-corrected chi connectivity index (χ0v) is 34.6. The zero-order valence-electron chi connectivity index (χ0n) is 32.1. The SMILES string of the molecule is O=C1C=Cc2cccc3ccc(OS(=O)(=O)C(F)(F)F)c1c23.O=C1C=Cc2cccc3ccc(OS(=O)(=O)C(F)(F)F)c1c23.O=C1C=Cc2cccc3ccc(OS(=O)(=O)C(F)(F)F)c1c23. The number of halogens is 9. The topological polar surface area (TPSA) is 181 Å². The Hall–Kier alpha value is -7.05. The molecule has 66 heavy (non-hydrogen) atoms. The predicted octanol–water partition coefficient (Wildman–Crippen LogP) is 9.83. The van der Waals surface area contributed by atoms with Crippen molar-refractivity contribution in [2.45, 2.75) is 16.5 Å². The van der Waals surface area contributed by atoms with Crippen molar-refractivity contribution in [3.05, 3.63) is 143 Å². The molecule has 0 N–H and O–H groups in total. The molecular weight excluding hydrogens is 964 g/mol. The van der Waals surface area contributed by atoms with Crippen LogP contribution in [0.25, 0.3) is 50.5 Å². The van der Waals surface area contributed by atoms with Crippen LogP contribution in [0.3, 0.4) is 0 Å². The number of hydrogen-bond donors (Lipinski definition) is 0. The Balaban J connectivity index is 0.000000147. The lowest BCUT2D eigenvalue weighted by Gasteiger charge is -2.16. The van der Waals surface area contributed by atoms with E-state index in [1.807, 2.05) is 0 Å². The number of carbonyl (C=O) groups excluding carboxylic acids is 3. The minimum absolute atomic E-state index is 0.191. The fourth-order valence-corrected chi connectivity index (χ4v) is 8.18. The first-order valence-corrected chi connectivity index (χ1v) is 22.2. The van der Waals surface area contributed by atoms with Gasteiger partial charge < -0.3 is 12.5 Å². The van der Waals surface area contributed by atoms with Crippen LogP contribution >= 0.6 is 0 Å². The molecule has 0 bridgehead atoms. The smallest absolute Gasteiger partial charge is 0.375 e. The fraction of sp³-hybridized carbons (Fsp3) is 0.0714. The molecule has 3 aliphatic rings. The van der Waals surface area contributed by atoms with Crippen LogP contribution in [0.1, 0.15) is 47.8 Å². The van der Waals surface area contributed by atoms with Crippen LogP contribution in [0.2, 0.25) is 0 Å². The molecule has 0 heterocycles. The van der Waals surface area contributed by atoms with Crippen LogP contribution in [0.5, 0.6) is 17.2 Å². The van der Waals surface area contributed by atoms with Crippen molar-refractivity contribution in [2.75, 3.05) is 0 Å². The lowest BCUT2D eigenvalue weighted by atomic mass is 9.92. The number of benzene rings is 6. The first kappa shape index (κ1) is 46.9. The van der Waals surface area contributed by atoms with Gasteiger partial charge in [-0.3, -0.25) is 14.4 Å². The van der Waals surface area contributed by atoms with Crippen molar-refractivity contribution in [2.24, 2.45) is 0 Å². The third kappa shape index (κ3) is 8.72. The van der Waals surface area contributed by atoms with Crippen molar-refractivity contribution in [1.29, 1.82) is 0 Å². The van der Waals surface area contributed by atoms with E-state index in [0.29, 0.717) is 49.0 Å². The highest BCUT2D eigenvalue weighted by Gasteiger charge is 2.51. The van der Waals surface area contributed by atoms with E-state index in [9.17, 15) is 79.2 Å². The van der Waals surface area contributed by atoms with Crippen molar-refractivity contribution >= 4 is 98.2 Å². The molecule has 342 valence electrons. The normalized spacial score (nSPS) is 14.4. The van der Waals surface area contributed by atoms with Crippen molar-refractivity contribution in [1.82, 2.24) is 0 Å². The summed E-state index contributed by atoms with van der Waals surface area (Å²) < 4.78 is 191. The number of carbonyl (C=O) groups is 3. The van der Waals surface area contributed by atoms with E-state index in [0.717, 1.165) is 36.4 Å². The Labute approximate surface area is 365 Å². The molecule has 3 aliphatic carbocycles. The molecule has 6 aromatic carbocycles. The quantitative estimate of drug-likeness (QED) is 0.0877. The molecular formula is C42H21F9O12S3. The number of allylic oxidation sites excluding steroid dienone is 3. The molecule has 0 radical (unpaired) electrons. The molecule has 0 fully saturated rings. The zero-order chi connectivity index (χ0) is 48.4. The van der Waals surface area contributed by atoms with E-state index in [2.05, 4.69) is 12.5 Å². The van der Waals surface area contributed by atoms with Crippen molar-refractivity contribution in [3.63, 3.8) is 0 Å². The number of rotatable bonds is 6. The van der Waals surface area contributed by atoms with Crippen LogP contribution in [-0.2, 0) is 30.4 Å². The monoisotopic (exact) mass is 984 g/mol. The van der Waals surface area contributed by atoms with Gasteiger partial charge in [-0.2, -0.15) is 64.8 Å². The number of ketones is 3. The van der Waals surface area contributed by atoms with Gasteiger partial charge in [0, 0.05) is 16.2 Å². The van der Waals surface area contributed by atoms with Crippen LogP contribution in [-0.4, -0.2) is 59.1 Å². The number of alkyl halides is 9. The summed E-state index contributed by atoms with van der Waals surface area (Å²) in [4.78, 5) is 36.0. The maximum absolute atomic E-state index is 12.4. The Morgan fingerprint density at radius 1 is 0.333 bits per heavy atom. The molecule has 0 spiro atoms. The molecule has 24 heteroatoms. The Morgan fingerprint density at radius 2 is 0.576 bits per heavy atom. The summed E-state index contributed by atoms with van der Waals surface area (Å²) in [5.74, 6) is -3.74. The molecule has 0 saturated carbocycles. The van der Waals surface area contributed by atoms with Crippen LogP contribution in [0.4, 0.5) is 39.5 Å². The van der Waals surface area contributed by atoms with Crippen LogP contribution in [0.15, 0.2) is 109 Å². The molecule has 0 atom stereocenters. The molecule has 6 aromatic rings. The molecule has 0 saturated heterocycles. The van der Waals surface area contributed by atoms with Gasteiger partial charge in [-0.1, -0.05) is 91.0 Å². The highest BCUT2D eigenvalue weighted by molar-refractivity contribution is 7.88. The van der Waals surface area contributed by atoms with Gasteiger partial charge in [0.15, 0.2) is 34.6 Å². The third-order valence-corrected chi connectivity index (χ3v) is 12.4. The van der Waals surface area contributed by atoms with Crippen molar-refractivity contribution in [3.8, 4) is 17.2 Å². The van der Waals surface area contributed by atoms with Crippen molar-refractivity contribution < 1.29 is 91.7 Å². The second kappa shape index (κ2) is 16.4. The van der Waals surface area contributed by atoms with Crippen LogP contribution < -0.4 is 12.5 Å². The molecule has 12 nitrogen and oxygen atoms in total. The standard InChI is InChI=1S/3C14H7F3O4S/c3*15-14(16,17)22(19,20)21-11-7-5-9-3-1-2-8-4-6-10(18)13(11)12(8)9/h3*1-7H. The van der Waals surface area contributed by atoms with E-state index < -0.39 is 81.5 Å². The van der Waals surface area contributed by atoms with E-state index >= 15 is 0 Å². The van der Waals surface area contributed by atoms with Gasteiger partial charge in [0.2, 0.25) is 0 Å². The summed E-state index contributed by atoms with van der Waals surface area (Å²) in [6, 6.07) is 22.5. The first-order valence-electron chi connectivity index (χ1n) is 18.0. The minimum Gasteiger partial charge on any atom is -0.375 e. The highest BCUT2D eigenvalue weighted by atomic mass is 32.2. The summed E-state index contributed by atoms with van der Waals surface area (Å²) >= 11 is 0. The van der Waals surface area contributed by atoms with Gasteiger partial charge in [-0.05, 0) is 69.3 Å². The van der Waals surface area contributed by atoms with Gasteiger partial charge in [0.25, 0.3) is 0 Å². The first-order chi connectivity index (χ1) is 30.6. The second-order valence-corrected chi connectivity index (χ2v) is 18.3. The maximum Gasteiger partial charge on any atom is 0.534 e. The van der Waals surface area contributed by atoms with Gasteiger partial charge in [0.1, 0.15) is 0 Å². The summed E-state index contributed by atoms with van der Waals surface area (Å²) in [5.41, 5.74) is -15.5. The van der Waals surface area contributed by atoms with Crippen LogP contribution in [0, 0.1) is 0 Å². The average molecular weight is 985 g/mol. The van der Waals surface area contributed by atoms with Gasteiger partial charge >= 0.3 is 46.9 Å². The number of hydrogen-bond acceptors (Lipinski definition) is 12. The summed E-state index contributed by atoms with van der Waals surface area (Å²) in [7, 11) is -17.5. The lowest BCUT2D eigenvalue weighted by Crippen LogP contribution is -2.28. The average Bonchev–Trinajstić information content (AvgIpc) is 3.22. The van der Waals surface area contributed by atoms with E-state index in [4.69, 9.17) is 0 Å². The van der Waals surface area contributed by atoms with Gasteiger partial charge in [-0.25, -0.2) is 0 Å². The Morgan fingerprint density at radius 3 is 0.803 bits per heavy atom. The molecule has 9 rings (SSSR count). The molecule has 0 amide bonds. The largest absolute Gasteiger partial charge is 0.534 e. The summed E-state index contributed by atoms with van der Waals surface area (Å²) in [5, 5.41) is 2.89. The molecule has 0 aliphatic heterocycles. The van der Waals surface area contributed by atoms with E-state index in [1.165, 1.54) is 36.4 Å². The Bertz CT molecular complexity index is 3150. The van der Waals surface area contributed by atoms with E-state index in [-0.39, 0.29) is 16.7 Å². The molecule has 0 unspecified atom stereocenters. The third-order valence-electron chi connectivity index (χ3n) is 9.55. The second-order valence-electron chi connectivity index (χ2n) is 13.7. The summed E-state index contributed by atoms with van der Waals surface area (Å²) in [6.07, 6.45) is 8.01. The lowest BCUT2D eigenvalue weighted by molar-refractivity contribution is -0.0505. The fourth-order valence-electron chi connectivity index (χ4n) is 6.77. The van der Waals surface area contributed by atoms with E-state index in [1.54, 1.807) is 54.6 Å². The Kier molecular flexibility index (Phi) is 11.7. The van der Waals surface area contributed by atoms with Gasteiger partial charge in [-0.15, -0.1) is 0 Å². The van der Waals surface area contributed by atoms with Gasteiger partial charge in [0.05, 0.1) is 16.7 Å².